The number of ether oxygens (including phenoxy) is 1. The van der Waals surface area contributed by atoms with Gasteiger partial charge in [0.2, 0.25) is 0 Å². The minimum absolute atomic E-state index is 0.0427. The predicted octanol–water partition coefficient (Wildman–Crippen LogP) is 1.22. The minimum atomic E-state index is -4.06. The number of phosphoric acid groups is 1. The van der Waals surface area contributed by atoms with Crippen molar-refractivity contribution in [2.45, 2.75) is 13.8 Å². The molecule has 0 fully saturated rings. The molecule has 1 unspecified atom stereocenters. The third kappa shape index (κ3) is 6.65. The summed E-state index contributed by atoms with van der Waals surface area (Å²) < 4.78 is 24.0. The normalized spacial score (nSPS) is 15.1. The molecule has 6 nitrogen and oxygen atoms in total. The van der Waals surface area contributed by atoms with E-state index in [2.05, 4.69) is 13.8 Å². The van der Waals surface area contributed by atoms with Gasteiger partial charge in [-0.15, -0.1) is 0 Å². The fourth-order valence-corrected chi connectivity index (χ4v) is 1.15. The lowest BCUT2D eigenvalue weighted by Crippen LogP contribution is -1.99. The molecule has 0 aliphatic heterocycles. The van der Waals surface area contributed by atoms with Gasteiger partial charge in [-0.3, -0.25) is 9.42 Å². The second-order valence-electron chi connectivity index (χ2n) is 2.05. The highest BCUT2D eigenvalue weighted by atomic mass is 31.2. The standard InChI is InChI=1S/C7H13O6P/c1-3-11-7(8)5-6-13-14(9,10)12-4-2/h5-6H,3-4H2,1-2H3,(H,9,10). The molecule has 1 atom stereocenters. The van der Waals surface area contributed by atoms with E-state index in [0.29, 0.717) is 0 Å². The van der Waals surface area contributed by atoms with Crippen molar-refractivity contribution >= 4 is 13.8 Å². The Bertz CT molecular complexity index is 249. The number of carbonyl (C=O) groups is 1. The van der Waals surface area contributed by atoms with Gasteiger partial charge in [0.1, 0.15) is 6.26 Å². The van der Waals surface area contributed by atoms with Crippen LogP contribution in [0.1, 0.15) is 13.8 Å². The molecule has 0 bridgehead atoms. The van der Waals surface area contributed by atoms with Crippen LogP contribution in [0.4, 0.5) is 0 Å². The van der Waals surface area contributed by atoms with Crippen molar-refractivity contribution in [1.82, 2.24) is 0 Å². The minimum Gasteiger partial charge on any atom is -0.463 e. The number of carbonyl (C=O) groups excluding carboxylic acids is 1. The molecule has 0 aliphatic rings. The fraction of sp³-hybridized carbons (Fsp3) is 0.571. The van der Waals surface area contributed by atoms with E-state index in [1.54, 1.807) is 13.8 Å². The summed E-state index contributed by atoms with van der Waals surface area (Å²) >= 11 is 0. The smallest absolute Gasteiger partial charge is 0.463 e. The van der Waals surface area contributed by atoms with Gasteiger partial charge in [-0.05, 0) is 13.8 Å². The maximum absolute atomic E-state index is 10.9. The van der Waals surface area contributed by atoms with E-state index in [1.165, 1.54) is 0 Å². The summed E-state index contributed by atoms with van der Waals surface area (Å²) in [5.74, 6) is -0.649. The molecule has 82 valence electrons. The van der Waals surface area contributed by atoms with Crippen LogP contribution in [0.3, 0.4) is 0 Å². The summed E-state index contributed by atoms with van der Waals surface area (Å²) in [6.45, 7) is 3.46. The Morgan fingerprint density at radius 3 is 2.57 bits per heavy atom. The average Bonchev–Trinajstić information content (AvgIpc) is 2.03. The summed E-state index contributed by atoms with van der Waals surface area (Å²) in [6, 6.07) is 0. The molecule has 0 aromatic heterocycles. The first-order chi connectivity index (χ1) is 6.52. The molecular formula is C7H13O6P. The molecular weight excluding hydrogens is 211 g/mol. The van der Waals surface area contributed by atoms with Crippen LogP contribution in [0, 0.1) is 0 Å². The number of hydrogen-bond acceptors (Lipinski definition) is 5. The Morgan fingerprint density at radius 1 is 1.43 bits per heavy atom. The van der Waals surface area contributed by atoms with Crippen molar-refractivity contribution in [2.75, 3.05) is 13.2 Å². The molecule has 14 heavy (non-hydrogen) atoms. The zero-order chi connectivity index (χ0) is 11.0. The van der Waals surface area contributed by atoms with Crippen LogP contribution < -0.4 is 0 Å². The summed E-state index contributed by atoms with van der Waals surface area (Å²) in [7, 11) is -4.06. The van der Waals surface area contributed by atoms with E-state index < -0.39 is 13.8 Å². The van der Waals surface area contributed by atoms with E-state index in [1.807, 2.05) is 0 Å². The quantitative estimate of drug-likeness (QED) is 0.316. The SMILES string of the molecule is CCOC(=O)C=COP(=O)(O)OCC. The molecule has 0 radical (unpaired) electrons. The van der Waals surface area contributed by atoms with Gasteiger partial charge in [0.05, 0.1) is 19.3 Å². The summed E-state index contributed by atoms with van der Waals surface area (Å²) in [6.07, 6.45) is 1.67. The molecule has 0 amide bonds. The van der Waals surface area contributed by atoms with E-state index in [9.17, 15) is 9.36 Å². The maximum atomic E-state index is 10.9. The highest BCUT2D eigenvalue weighted by Crippen LogP contribution is 2.43. The highest BCUT2D eigenvalue weighted by molar-refractivity contribution is 7.47. The Labute approximate surface area is 82.1 Å². The highest BCUT2D eigenvalue weighted by Gasteiger charge is 2.18. The Balaban J connectivity index is 3.92. The monoisotopic (exact) mass is 224 g/mol. The van der Waals surface area contributed by atoms with Gasteiger partial charge in [-0.1, -0.05) is 0 Å². The topological polar surface area (TPSA) is 82.1 Å². The second kappa shape index (κ2) is 6.59. The zero-order valence-electron chi connectivity index (χ0n) is 8.00. The van der Waals surface area contributed by atoms with Crippen LogP contribution in [0.25, 0.3) is 0 Å². The summed E-state index contributed by atoms with van der Waals surface area (Å²) in [4.78, 5) is 19.6. The molecule has 0 heterocycles. The lowest BCUT2D eigenvalue weighted by molar-refractivity contribution is -0.137. The van der Waals surface area contributed by atoms with Gasteiger partial charge >= 0.3 is 13.8 Å². The Kier molecular flexibility index (Phi) is 6.19. The van der Waals surface area contributed by atoms with E-state index in [4.69, 9.17) is 4.89 Å². The van der Waals surface area contributed by atoms with Crippen molar-refractivity contribution in [1.29, 1.82) is 0 Å². The van der Waals surface area contributed by atoms with Crippen LogP contribution in [-0.2, 0) is 23.1 Å². The Hall–Kier alpha value is -0.840. The molecule has 0 aliphatic carbocycles. The van der Waals surface area contributed by atoms with Crippen LogP contribution in [-0.4, -0.2) is 24.1 Å². The first-order valence-electron chi connectivity index (χ1n) is 4.01. The van der Waals surface area contributed by atoms with Crippen molar-refractivity contribution in [2.24, 2.45) is 0 Å². The van der Waals surface area contributed by atoms with Gasteiger partial charge in [0.25, 0.3) is 0 Å². The number of esters is 1. The van der Waals surface area contributed by atoms with Crippen molar-refractivity contribution in [3.8, 4) is 0 Å². The van der Waals surface area contributed by atoms with Crippen molar-refractivity contribution in [3.63, 3.8) is 0 Å². The van der Waals surface area contributed by atoms with Gasteiger partial charge < -0.3 is 9.26 Å². The molecule has 7 heteroatoms. The summed E-state index contributed by atoms with van der Waals surface area (Å²) in [5.41, 5.74) is 0. The molecule has 1 N–H and O–H groups in total. The van der Waals surface area contributed by atoms with Crippen LogP contribution >= 0.6 is 7.82 Å². The first kappa shape index (κ1) is 13.2. The van der Waals surface area contributed by atoms with Gasteiger partial charge in [-0.2, -0.15) is 0 Å². The van der Waals surface area contributed by atoms with E-state index >= 15 is 0 Å². The lowest BCUT2D eigenvalue weighted by Gasteiger charge is -2.07. The largest absolute Gasteiger partial charge is 0.526 e. The third-order valence-electron chi connectivity index (χ3n) is 0.977. The maximum Gasteiger partial charge on any atom is 0.526 e. The molecule has 0 aromatic carbocycles. The molecule has 0 saturated carbocycles. The molecule has 0 rings (SSSR count). The number of rotatable bonds is 6. The number of hydrogen-bond donors (Lipinski definition) is 1. The van der Waals surface area contributed by atoms with Gasteiger partial charge in [-0.25, -0.2) is 9.36 Å². The fourth-order valence-electron chi connectivity index (χ4n) is 0.547. The average molecular weight is 224 g/mol. The lowest BCUT2D eigenvalue weighted by atomic mass is 10.6. The van der Waals surface area contributed by atoms with Gasteiger partial charge in [0, 0.05) is 0 Å². The van der Waals surface area contributed by atoms with Crippen LogP contribution in [0.15, 0.2) is 12.3 Å². The molecule has 0 aromatic rings. The van der Waals surface area contributed by atoms with Crippen LogP contribution in [0.2, 0.25) is 0 Å². The van der Waals surface area contributed by atoms with Crippen molar-refractivity contribution in [3.05, 3.63) is 12.3 Å². The van der Waals surface area contributed by atoms with E-state index in [-0.39, 0.29) is 13.2 Å². The summed E-state index contributed by atoms with van der Waals surface area (Å²) in [5, 5.41) is 0. The first-order valence-corrected chi connectivity index (χ1v) is 5.50. The molecule has 0 spiro atoms. The van der Waals surface area contributed by atoms with E-state index in [0.717, 1.165) is 12.3 Å². The van der Waals surface area contributed by atoms with Crippen LogP contribution in [0.5, 0.6) is 0 Å². The number of phosphoric ester groups is 1. The van der Waals surface area contributed by atoms with Gasteiger partial charge in [0.15, 0.2) is 0 Å². The zero-order valence-corrected chi connectivity index (χ0v) is 8.90. The second-order valence-corrected chi connectivity index (χ2v) is 3.45. The third-order valence-corrected chi connectivity index (χ3v) is 1.95. The molecule has 0 saturated heterocycles. The van der Waals surface area contributed by atoms with Crippen molar-refractivity contribution < 1.29 is 28.0 Å². The predicted molar refractivity (Wildman–Crippen MR) is 48.3 cm³/mol. The Morgan fingerprint density at radius 2 is 2.07 bits per heavy atom.